The number of sulfonamides is 1. The van der Waals surface area contributed by atoms with Crippen LogP contribution in [0.3, 0.4) is 0 Å². The monoisotopic (exact) mass is 397 g/mol. The summed E-state index contributed by atoms with van der Waals surface area (Å²) in [4.78, 5) is 20.8. The summed E-state index contributed by atoms with van der Waals surface area (Å²) < 4.78 is 23.8. The lowest BCUT2D eigenvalue weighted by molar-refractivity contribution is 0.0883. The van der Waals surface area contributed by atoms with Crippen molar-refractivity contribution in [1.82, 2.24) is 24.4 Å². The molecule has 27 heavy (non-hydrogen) atoms. The van der Waals surface area contributed by atoms with Crippen LogP contribution in [0.15, 0.2) is 30.6 Å². The molecule has 0 radical (unpaired) electrons. The van der Waals surface area contributed by atoms with Crippen LogP contribution >= 0.6 is 0 Å². The maximum atomic E-state index is 12.3. The first-order valence-corrected chi connectivity index (χ1v) is 10.6. The Bertz CT molecular complexity index is 749. The number of pyridine rings is 1. The number of nitrogens with one attached hydrogen (secondary N) is 1. The van der Waals surface area contributed by atoms with E-state index in [1.165, 1.54) is 19.3 Å². The Balaban J connectivity index is 2.63. The number of likely N-dealkylation sites (N-methyl/N-ethyl adjacent to an activating group) is 2. The molecule has 0 aliphatic rings. The molecule has 0 spiro atoms. The van der Waals surface area contributed by atoms with Gasteiger partial charge in [0.25, 0.3) is 5.91 Å². The van der Waals surface area contributed by atoms with Crippen molar-refractivity contribution >= 4 is 15.9 Å². The SMILES string of the molecule is C=C(CNCc1cc(C(=O)N(C)S(C)(=O)=O)ccn1)N(CC)CCN(C)C. The number of amides is 1. The Hall–Kier alpha value is -1.97. The fraction of sp³-hybridized carbons (Fsp3) is 0.556. The van der Waals surface area contributed by atoms with Crippen molar-refractivity contribution in [3.8, 4) is 0 Å². The zero-order valence-electron chi connectivity index (χ0n) is 16.9. The lowest BCUT2D eigenvalue weighted by Gasteiger charge is -2.27. The van der Waals surface area contributed by atoms with Crippen LogP contribution in [0.2, 0.25) is 0 Å². The van der Waals surface area contributed by atoms with Crippen molar-refractivity contribution in [3.05, 3.63) is 41.9 Å². The van der Waals surface area contributed by atoms with Crippen LogP contribution in [0, 0.1) is 0 Å². The van der Waals surface area contributed by atoms with Crippen LogP contribution in [-0.2, 0) is 16.6 Å². The van der Waals surface area contributed by atoms with Gasteiger partial charge in [0.05, 0.1) is 11.9 Å². The van der Waals surface area contributed by atoms with E-state index in [1.54, 1.807) is 6.07 Å². The Morgan fingerprint density at radius 3 is 2.48 bits per heavy atom. The molecule has 0 aliphatic heterocycles. The zero-order valence-corrected chi connectivity index (χ0v) is 17.7. The smallest absolute Gasteiger partial charge is 0.267 e. The van der Waals surface area contributed by atoms with E-state index in [2.05, 4.69) is 33.6 Å². The first kappa shape index (κ1) is 23.1. The average molecular weight is 398 g/mol. The van der Waals surface area contributed by atoms with E-state index in [0.29, 0.717) is 18.8 Å². The molecule has 1 heterocycles. The normalized spacial score (nSPS) is 11.5. The lowest BCUT2D eigenvalue weighted by atomic mass is 10.2. The summed E-state index contributed by atoms with van der Waals surface area (Å²) in [6, 6.07) is 3.11. The first-order valence-electron chi connectivity index (χ1n) is 8.77. The Kier molecular flexibility index (Phi) is 8.87. The summed E-state index contributed by atoms with van der Waals surface area (Å²) >= 11 is 0. The van der Waals surface area contributed by atoms with E-state index in [-0.39, 0.29) is 5.56 Å². The Labute approximate surface area is 162 Å². The molecule has 0 aliphatic carbocycles. The van der Waals surface area contributed by atoms with Gasteiger partial charge in [0.1, 0.15) is 0 Å². The van der Waals surface area contributed by atoms with Crippen molar-refractivity contribution in [3.63, 3.8) is 0 Å². The highest BCUT2D eigenvalue weighted by Crippen LogP contribution is 2.08. The molecule has 0 saturated heterocycles. The molecule has 1 aromatic heterocycles. The predicted molar refractivity (Wildman–Crippen MR) is 108 cm³/mol. The van der Waals surface area contributed by atoms with E-state index in [1.807, 2.05) is 14.1 Å². The van der Waals surface area contributed by atoms with E-state index in [4.69, 9.17) is 0 Å². The van der Waals surface area contributed by atoms with Gasteiger partial charge in [0, 0.05) is 57.2 Å². The van der Waals surface area contributed by atoms with Gasteiger partial charge < -0.3 is 15.1 Å². The maximum absolute atomic E-state index is 12.3. The predicted octanol–water partition coefficient (Wildman–Crippen LogP) is 0.600. The van der Waals surface area contributed by atoms with E-state index in [0.717, 1.165) is 35.9 Å². The van der Waals surface area contributed by atoms with Crippen LogP contribution in [-0.4, -0.2) is 87.0 Å². The molecule has 0 atom stereocenters. The van der Waals surface area contributed by atoms with Crippen LogP contribution in [0.1, 0.15) is 23.0 Å². The standard InChI is InChI=1S/C18H31N5O3S/c1-7-23(11-10-21(3)4)15(2)13-19-14-17-12-16(8-9-20-17)18(24)22(5)27(6,25)26/h8-9,12,19H,2,7,10-11,13-14H2,1,3-6H3. The van der Waals surface area contributed by atoms with Gasteiger partial charge in [0.15, 0.2) is 0 Å². The van der Waals surface area contributed by atoms with Gasteiger partial charge in [0.2, 0.25) is 10.0 Å². The molecule has 1 amide bonds. The molecule has 8 nitrogen and oxygen atoms in total. The fourth-order valence-electron chi connectivity index (χ4n) is 2.35. The molecule has 0 bridgehead atoms. The molecule has 9 heteroatoms. The van der Waals surface area contributed by atoms with Gasteiger partial charge in [-0.1, -0.05) is 6.58 Å². The highest BCUT2D eigenvalue weighted by atomic mass is 32.2. The van der Waals surface area contributed by atoms with Crippen molar-refractivity contribution in [1.29, 1.82) is 0 Å². The number of rotatable bonds is 11. The quantitative estimate of drug-likeness (QED) is 0.585. The highest BCUT2D eigenvalue weighted by molar-refractivity contribution is 7.88. The third-order valence-corrected chi connectivity index (χ3v) is 5.29. The largest absolute Gasteiger partial charge is 0.373 e. The second-order valence-electron chi connectivity index (χ2n) is 6.62. The molecular formula is C18H31N5O3S. The lowest BCUT2D eigenvalue weighted by Crippen LogP contribution is -2.34. The van der Waals surface area contributed by atoms with Crippen molar-refractivity contribution in [2.75, 3.05) is 53.6 Å². The van der Waals surface area contributed by atoms with E-state index >= 15 is 0 Å². The summed E-state index contributed by atoms with van der Waals surface area (Å²) in [6.45, 7) is 10.0. The number of hydrogen-bond acceptors (Lipinski definition) is 7. The summed E-state index contributed by atoms with van der Waals surface area (Å²) in [5, 5.41) is 3.27. The van der Waals surface area contributed by atoms with Crippen LogP contribution in [0.25, 0.3) is 0 Å². The number of nitrogens with zero attached hydrogens (tertiary/aromatic N) is 4. The Morgan fingerprint density at radius 1 is 1.26 bits per heavy atom. The van der Waals surface area contributed by atoms with E-state index in [9.17, 15) is 13.2 Å². The Morgan fingerprint density at radius 2 is 1.93 bits per heavy atom. The van der Waals surface area contributed by atoms with Gasteiger partial charge >= 0.3 is 0 Å². The van der Waals surface area contributed by atoms with Crippen molar-refractivity contribution < 1.29 is 13.2 Å². The maximum Gasteiger partial charge on any atom is 0.267 e. The summed E-state index contributed by atoms with van der Waals surface area (Å²) in [6.07, 6.45) is 2.50. The number of carbonyl (C=O) groups is 1. The topological polar surface area (TPSA) is 85.8 Å². The molecule has 1 aromatic rings. The van der Waals surface area contributed by atoms with Crippen LogP contribution < -0.4 is 5.32 Å². The van der Waals surface area contributed by atoms with Crippen LogP contribution in [0.5, 0.6) is 0 Å². The fourth-order valence-corrected chi connectivity index (χ4v) is 2.75. The molecule has 0 aromatic carbocycles. The second kappa shape index (κ2) is 10.4. The minimum absolute atomic E-state index is 0.287. The van der Waals surface area contributed by atoms with E-state index < -0.39 is 15.9 Å². The van der Waals surface area contributed by atoms with Gasteiger partial charge in [-0.2, -0.15) is 0 Å². The van der Waals surface area contributed by atoms with Gasteiger partial charge in [-0.25, -0.2) is 12.7 Å². The van der Waals surface area contributed by atoms with Crippen molar-refractivity contribution in [2.24, 2.45) is 0 Å². The summed E-state index contributed by atoms with van der Waals surface area (Å²) in [5.74, 6) is -0.577. The first-order chi connectivity index (χ1) is 12.6. The molecule has 1 rings (SSSR count). The number of aromatic nitrogens is 1. The van der Waals surface area contributed by atoms with Gasteiger partial charge in [-0.15, -0.1) is 0 Å². The average Bonchev–Trinajstić information content (AvgIpc) is 2.60. The molecular weight excluding hydrogens is 366 g/mol. The number of carbonyl (C=O) groups excluding carboxylic acids is 1. The molecule has 1 N–H and O–H groups in total. The summed E-state index contributed by atoms with van der Waals surface area (Å²) in [7, 11) is 1.73. The highest BCUT2D eigenvalue weighted by Gasteiger charge is 2.20. The second-order valence-corrected chi connectivity index (χ2v) is 8.64. The number of hydrogen-bond donors (Lipinski definition) is 1. The minimum atomic E-state index is -3.59. The third kappa shape index (κ3) is 7.66. The van der Waals surface area contributed by atoms with Crippen LogP contribution in [0.4, 0.5) is 0 Å². The molecule has 0 fully saturated rings. The van der Waals surface area contributed by atoms with Gasteiger partial charge in [-0.05, 0) is 33.2 Å². The van der Waals surface area contributed by atoms with Crippen molar-refractivity contribution in [2.45, 2.75) is 13.5 Å². The molecule has 0 unspecified atom stereocenters. The summed E-state index contributed by atoms with van der Waals surface area (Å²) in [5.41, 5.74) is 1.94. The third-order valence-electron chi connectivity index (χ3n) is 4.13. The zero-order chi connectivity index (χ0) is 20.6. The molecule has 0 saturated carbocycles. The molecule has 152 valence electrons. The van der Waals surface area contributed by atoms with Gasteiger partial charge in [-0.3, -0.25) is 9.78 Å². The minimum Gasteiger partial charge on any atom is -0.373 e.